The number of nitrogens with zero attached hydrogens (tertiary/aromatic N) is 1. The first kappa shape index (κ1) is 24.5. The zero-order chi connectivity index (χ0) is 24.3. The summed E-state index contributed by atoms with van der Waals surface area (Å²) in [6, 6.07) is 23.4. The molecule has 0 bridgehead atoms. The Hall–Kier alpha value is -3.66. The summed E-state index contributed by atoms with van der Waals surface area (Å²) in [5, 5.41) is 0. The van der Waals surface area contributed by atoms with Crippen molar-refractivity contribution in [1.29, 1.82) is 0 Å². The van der Waals surface area contributed by atoms with Gasteiger partial charge in [-0.3, -0.25) is 0 Å². The van der Waals surface area contributed by atoms with E-state index in [0.29, 0.717) is 18.1 Å². The quantitative estimate of drug-likeness (QED) is 0.119. The van der Waals surface area contributed by atoms with Gasteiger partial charge in [0, 0.05) is 5.56 Å². The molecule has 4 aromatic rings. The number of oxazole rings is 1. The molecule has 0 unspecified atom stereocenters. The largest absolute Gasteiger partial charge is 0.462 e. The van der Waals surface area contributed by atoms with Crippen LogP contribution in [0.25, 0.3) is 34.7 Å². The molecule has 3 aromatic carbocycles. The maximum absolute atomic E-state index is 12.3. The molecule has 0 saturated heterocycles. The van der Waals surface area contributed by atoms with E-state index in [1.807, 2.05) is 84.9 Å². The zero-order valence-corrected chi connectivity index (χ0v) is 20.4. The second kappa shape index (κ2) is 12.7. The highest BCUT2D eigenvalue weighted by molar-refractivity contribution is 5.89. The van der Waals surface area contributed by atoms with Gasteiger partial charge >= 0.3 is 5.97 Å². The van der Waals surface area contributed by atoms with E-state index in [1.165, 1.54) is 32.1 Å². The number of carbonyl (C=O) groups is 1. The monoisotopic (exact) mass is 467 g/mol. The maximum atomic E-state index is 12.3. The molecule has 0 atom stereocenters. The number of unbranched alkanes of at least 4 members (excludes halogenated alkanes) is 6. The lowest BCUT2D eigenvalue weighted by Gasteiger charge is -2.05. The maximum Gasteiger partial charge on any atom is 0.338 e. The van der Waals surface area contributed by atoms with Gasteiger partial charge in [-0.05, 0) is 53.9 Å². The first-order valence-corrected chi connectivity index (χ1v) is 12.6. The fourth-order valence-corrected chi connectivity index (χ4v) is 3.96. The summed E-state index contributed by atoms with van der Waals surface area (Å²) in [6.07, 6.45) is 12.5. The molecule has 0 spiro atoms. The molecule has 0 aliphatic heterocycles. The van der Waals surface area contributed by atoms with E-state index in [4.69, 9.17) is 9.15 Å². The molecule has 1 heterocycles. The lowest BCUT2D eigenvalue weighted by molar-refractivity contribution is 0.0497. The molecule has 0 radical (unpaired) electrons. The topological polar surface area (TPSA) is 52.3 Å². The van der Waals surface area contributed by atoms with Crippen LogP contribution >= 0.6 is 0 Å². The molecule has 180 valence electrons. The highest BCUT2D eigenvalue weighted by Gasteiger charge is 2.08. The Morgan fingerprint density at radius 1 is 0.800 bits per heavy atom. The minimum atomic E-state index is -0.249. The number of hydrogen-bond acceptors (Lipinski definition) is 4. The number of rotatable bonds is 12. The van der Waals surface area contributed by atoms with Crippen LogP contribution in [0.1, 0.15) is 73.4 Å². The number of para-hydroxylation sites is 2. The third-order valence-corrected chi connectivity index (χ3v) is 6.05. The minimum Gasteiger partial charge on any atom is -0.462 e. The molecule has 0 fully saturated rings. The summed E-state index contributed by atoms with van der Waals surface area (Å²) < 4.78 is 11.3. The van der Waals surface area contributed by atoms with Gasteiger partial charge in [-0.25, -0.2) is 9.78 Å². The van der Waals surface area contributed by atoms with Crippen LogP contribution in [0.5, 0.6) is 0 Å². The van der Waals surface area contributed by atoms with Gasteiger partial charge in [-0.1, -0.05) is 94.0 Å². The molecule has 4 nitrogen and oxygen atoms in total. The van der Waals surface area contributed by atoms with Crippen molar-refractivity contribution in [2.45, 2.75) is 51.9 Å². The third-order valence-electron chi connectivity index (χ3n) is 6.05. The third kappa shape index (κ3) is 7.16. The standard InChI is InChI=1S/C31H33NO3/c1-2-3-4-5-6-7-10-23-34-31(33)27-21-17-25(18-22-27)14-13-24-15-19-26(20-16-24)30-32-28-11-8-9-12-29(28)35-30/h8-9,11-22H,2-7,10,23H2,1H3. The molecule has 0 N–H and O–H groups in total. The van der Waals surface area contributed by atoms with E-state index >= 15 is 0 Å². The predicted octanol–water partition coefficient (Wildman–Crippen LogP) is 8.57. The number of esters is 1. The predicted molar refractivity (Wildman–Crippen MR) is 143 cm³/mol. The van der Waals surface area contributed by atoms with E-state index < -0.39 is 0 Å². The van der Waals surface area contributed by atoms with Gasteiger partial charge < -0.3 is 9.15 Å². The Morgan fingerprint density at radius 3 is 2.11 bits per heavy atom. The van der Waals surface area contributed by atoms with E-state index in [1.54, 1.807) is 0 Å². The van der Waals surface area contributed by atoms with Crippen molar-refractivity contribution >= 4 is 29.2 Å². The second-order valence-corrected chi connectivity index (χ2v) is 8.82. The van der Waals surface area contributed by atoms with Gasteiger partial charge in [0.05, 0.1) is 12.2 Å². The van der Waals surface area contributed by atoms with Gasteiger partial charge in [0.25, 0.3) is 0 Å². The van der Waals surface area contributed by atoms with Crippen LogP contribution in [0.3, 0.4) is 0 Å². The van der Waals surface area contributed by atoms with Gasteiger partial charge in [-0.2, -0.15) is 0 Å². The van der Waals surface area contributed by atoms with Crippen molar-refractivity contribution in [3.05, 3.63) is 89.5 Å². The second-order valence-electron chi connectivity index (χ2n) is 8.82. The number of ether oxygens (including phenoxy) is 1. The van der Waals surface area contributed by atoms with Crippen molar-refractivity contribution in [2.75, 3.05) is 6.61 Å². The van der Waals surface area contributed by atoms with Crippen LogP contribution < -0.4 is 0 Å². The van der Waals surface area contributed by atoms with Crippen molar-refractivity contribution in [3.8, 4) is 11.5 Å². The fraction of sp³-hybridized carbons (Fsp3) is 0.290. The number of benzene rings is 3. The van der Waals surface area contributed by atoms with E-state index in [-0.39, 0.29) is 5.97 Å². The SMILES string of the molecule is CCCCCCCCCOC(=O)c1ccc(C=Cc2ccc(-c3nc4ccccc4o3)cc2)cc1. The molecule has 0 aliphatic rings. The van der Waals surface area contributed by atoms with Gasteiger partial charge in [-0.15, -0.1) is 0 Å². The number of fused-ring (bicyclic) bond motifs is 1. The average molecular weight is 468 g/mol. The Balaban J connectivity index is 1.24. The first-order valence-electron chi connectivity index (χ1n) is 12.6. The summed E-state index contributed by atoms with van der Waals surface area (Å²) in [5.41, 5.74) is 5.28. The van der Waals surface area contributed by atoms with Crippen LogP contribution in [0.2, 0.25) is 0 Å². The van der Waals surface area contributed by atoms with Gasteiger partial charge in [0.2, 0.25) is 5.89 Å². The Bertz CT molecular complexity index is 1200. The number of aromatic nitrogens is 1. The van der Waals surface area contributed by atoms with E-state index in [2.05, 4.69) is 11.9 Å². The summed E-state index contributed by atoms with van der Waals surface area (Å²) >= 11 is 0. The summed E-state index contributed by atoms with van der Waals surface area (Å²) in [5.74, 6) is 0.373. The van der Waals surface area contributed by atoms with Crippen molar-refractivity contribution in [1.82, 2.24) is 4.98 Å². The molecule has 0 saturated carbocycles. The fourth-order valence-electron chi connectivity index (χ4n) is 3.96. The highest BCUT2D eigenvalue weighted by atomic mass is 16.5. The number of carbonyl (C=O) groups excluding carboxylic acids is 1. The van der Waals surface area contributed by atoms with Crippen LogP contribution in [-0.2, 0) is 4.74 Å². The lowest BCUT2D eigenvalue weighted by Crippen LogP contribution is -2.06. The molecule has 0 amide bonds. The Morgan fingerprint density at radius 2 is 1.43 bits per heavy atom. The summed E-state index contributed by atoms with van der Waals surface area (Å²) in [4.78, 5) is 16.8. The normalized spacial score (nSPS) is 11.3. The summed E-state index contributed by atoms with van der Waals surface area (Å²) in [6.45, 7) is 2.72. The van der Waals surface area contributed by atoms with Gasteiger partial charge in [0.15, 0.2) is 5.58 Å². The highest BCUT2D eigenvalue weighted by Crippen LogP contribution is 2.24. The molecule has 35 heavy (non-hydrogen) atoms. The smallest absolute Gasteiger partial charge is 0.338 e. The molecule has 4 heteroatoms. The van der Waals surface area contributed by atoms with Crippen LogP contribution in [0, 0.1) is 0 Å². The molecule has 0 aliphatic carbocycles. The van der Waals surface area contributed by atoms with Crippen LogP contribution in [-0.4, -0.2) is 17.6 Å². The molecular formula is C31H33NO3. The van der Waals surface area contributed by atoms with E-state index in [9.17, 15) is 4.79 Å². The van der Waals surface area contributed by atoms with Gasteiger partial charge in [0.1, 0.15) is 5.52 Å². The Labute approximate surface area is 207 Å². The van der Waals surface area contributed by atoms with Crippen LogP contribution in [0.15, 0.2) is 77.2 Å². The zero-order valence-electron chi connectivity index (χ0n) is 20.4. The van der Waals surface area contributed by atoms with Crippen molar-refractivity contribution < 1.29 is 13.9 Å². The Kier molecular flexibility index (Phi) is 8.88. The van der Waals surface area contributed by atoms with Crippen molar-refractivity contribution in [2.24, 2.45) is 0 Å². The molecular weight excluding hydrogens is 434 g/mol. The average Bonchev–Trinajstić information content (AvgIpc) is 3.34. The van der Waals surface area contributed by atoms with Crippen molar-refractivity contribution in [3.63, 3.8) is 0 Å². The van der Waals surface area contributed by atoms with E-state index in [0.717, 1.165) is 40.6 Å². The minimum absolute atomic E-state index is 0.249. The first-order chi connectivity index (χ1) is 17.2. The van der Waals surface area contributed by atoms with Crippen LogP contribution in [0.4, 0.5) is 0 Å². The lowest BCUT2D eigenvalue weighted by atomic mass is 10.1. The molecule has 1 aromatic heterocycles. The summed E-state index contributed by atoms with van der Waals surface area (Å²) in [7, 11) is 0. The molecule has 4 rings (SSSR count). The number of hydrogen-bond donors (Lipinski definition) is 0.